The number of methoxy groups -OCH3 is 1. The molecule has 2 aliphatic rings. The topological polar surface area (TPSA) is 72.6 Å². The molecule has 0 radical (unpaired) electrons. The highest BCUT2D eigenvalue weighted by Gasteiger charge is 2.31. The number of fused-ring (bicyclic) bond motifs is 2. The van der Waals surface area contributed by atoms with Crippen molar-refractivity contribution in [3.8, 4) is 0 Å². The summed E-state index contributed by atoms with van der Waals surface area (Å²) in [7, 11) is 1.63. The van der Waals surface area contributed by atoms with Gasteiger partial charge in [0.05, 0.1) is 6.54 Å². The Labute approximate surface area is 174 Å². The van der Waals surface area contributed by atoms with Crippen LogP contribution in [0.3, 0.4) is 0 Å². The van der Waals surface area contributed by atoms with Gasteiger partial charge in [-0.3, -0.25) is 9.59 Å². The van der Waals surface area contributed by atoms with E-state index in [2.05, 4.69) is 4.98 Å². The van der Waals surface area contributed by atoms with Gasteiger partial charge < -0.3 is 14.1 Å². The van der Waals surface area contributed by atoms with Crippen molar-refractivity contribution in [2.45, 2.75) is 31.9 Å². The molecule has 0 bridgehead atoms. The molecule has 152 valence electrons. The van der Waals surface area contributed by atoms with Crippen LogP contribution in [0.4, 0.5) is 0 Å². The summed E-state index contributed by atoms with van der Waals surface area (Å²) in [6, 6.07) is 15.2. The average molecular weight is 402 g/mol. The Hall–Kier alpha value is -3.25. The number of carbonyl (C=O) groups is 2. The summed E-state index contributed by atoms with van der Waals surface area (Å²) >= 11 is 0. The van der Waals surface area contributed by atoms with Crippen molar-refractivity contribution in [3.63, 3.8) is 0 Å². The van der Waals surface area contributed by atoms with Gasteiger partial charge >= 0.3 is 0 Å². The maximum absolute atomic E-state index is 13.2. The van der Waals surface area contributed by atoms with Crippen LogP contribution in [-0.2, 0) is 24.1 Å². The highest BCUT2D eigenvalue weighted by atomic mass is 16.5. The Bertz CT molecular complexity index is 1120. The number of aromatic nitrogens is 1. The first-order valence-electron chi connectivity index (χ1n) is 10.2. The lowest BCUT2D eigenvalue weighted by molar-refractivity contribution is 0.0726. The van der Waals surface area contributed by atoms with E-state index >= 15 is 0 Å². The third kappa shape index (κ3) is 3.13. The Kier molecular flexibility index (Phi) is 4.71. The molecule has 6 nitrogen and oxygen atoms in total. The second-order valence-electron chi connectivity index (χ2n) is 7.68. The van der Waals surface area contributed by atoms with Crippen LogP contribution in [0.5, 0.6) is 0 Å². The van der Waals surface area contributed by atoms with Crippen molar-refractivity contribution in [1.82, 2.24) is 9.88 Å². The summed E-state index contributed by atoms with van der Waals surface area (Å²) in [5.41, 5.74) is 3.93. The van der Waals surface area contributed by atoms with Gasteiger partial charge in [0, 0.05) is 37.6 Å². The molecule has 0 saturated carbocycles. The molecular weight excluding hydrogens is 380 g/mol. The molecule has 2 aromatic carbocycles. The van der Waals surface area contributed by atoms with Gasteiger partial charge in [0.2, 0.25) is 5.89 Å². The van der Waals surface area contributed by atoms with Gasteiger partial charge in [-0.2, -0.15) is 0 Å². The van der Waals surface area contributed by atoms with Gasteiger partial charge in [-0.05, 0) is 23.6 Å². The summed E-state index contributed by atoms with van der Waals surface area (Å²) in [6.07, 6.45) is 1.33. The van der Waals surface area contributed by atoms with E-state index in [1.165, 1.54) is 0 Å². The molecule has 5 rings (SSSR count). The quantitative estimate of drug-likeness (QED) is 0.665. The van der Waals surface area contributed by atoms with Crippen LogP contribution in [0.25, 0.3) is 0 Å². The van der Waals surface area contributed by atoms with Crippen LogP contribution >= 0.6 is 0 Å². The van der Waals surface area contributed by atoms with Crippen molar-refractivity contribution >= 4 is 11.7 Å². The molecular formula is C24H22N2O4. The zero-order chi connectivity index (χ0) is 20.7. The standard InChI is InChI=1S/C24H22N2O4/c1-29-22(15-6-3-2-4-7-15)23-25-19-14-26(13-12-21(19)30-23)24(28)18-9-5-8-17-16(18)10-11-20(17)27/h2-9,22H,10-14H2,1H3. The highest BCUT2D eigenvalue weighted by molar-refractivity contribution is 6.05. The van der Waals surface area contributed by atoms with E-state index in [-0.39, 0.29) is 17.8 Å². The molecule has 1 amide bonds. The zero-order valence-electron chi connectivity index (χ0n) is 16.8. The lowest BCUT2D eigenvalue weighted by atomic mass is 10.0. The molecule has 1 aromatic heterocycles. The monoisotopic (exact) mass is 402 g/mol. The fourth-order valence-corrected chi connectivity index (χ4v) is 4.37. The number of ketones is 1. The Morgan fingerprint density at radius 2 is 1.93 bits per heavy atom. The molecule has 0 N–H and O–H groups in total. The van der Waals surface area contributed by atoms with Gasteiger partial charge in [0.15, 0.2) is 11.9 Å². The van der Waals surface area contributed by atoms with Crippen LogP contribution in [0.1, 0.15) is 61.7 Å². The van der Waals surface area contributed by atoms with Crippen molar-refractivity contribution in [3.05, 3.63) is 88.1 Å². The molecule has 1 unspecified atom stereocenters. The zero-order valence-corrected chi connectivity index (χ0v) is 16.8. The summed E-state index contributed by atoms with van der Waals surface area (Å²) in [5, 5.41) is 0. The number of Topliss-reactive ketones (excluding diaryl/α,β-unsaturated/α-hetero) is 1. The summed E-state index contributed by atoms with van der Waals surface area (Å²) in [6.45, 7) is 0.946. The summed E-state index contributed by atoms with van der Waals surface area (Å²) in [5.74, 6) is 1.38. The van der Waals surface area contributed by atoms with Crippen LogP contribution in [0.2, 0.25) is 0 Å². The third-order valence-electron chi connectivity index (χ3n) is 5.90. The van der Waals surface area contributed by atoms with E-state index in [0.717, 1.165) is 22.6 Å². The van der Waals surface area contributed by atoms with Gasteiger partial charge in [-0.1, -0.05) is 42.5 Å². The van der Waals surface area contributed by atoms with E-state index in [0.29, 0.717) is 49.4 Å². The maximum atomic E-state index is 13.2. The fraction of sp³-hybridized carbons (Fsp3) is 0.292. The molecule has 3 aromatic rings. The second-order valence-corrected chi connectivity index (χ2v) is 7.68. The van der Waals surface area contributed by atoms with Gasteiger partial charge in [0.1, 0.15) is 11.5 Å². The Morgan fingerprint density at radius 1 is 1.10 bits per heavy atom. The number of rotatable bonds is 4. The number of hydrogen-bond donors (Lipinski definition) is 0. The molecule has 0 saturated heterocycles. The van der Waals surface area contributed by atoms with Crippen molar-refractivity contribution in [1.29, 1.82) is 0 Å². The minimum absolute atomic E-state index is 0.0527. The molecule has 2 heterocycles. The number of ether oxygens (including phenoxy) is 1. The van der Waals surface area contributed by atoms with Crippen LogP contribution in [-0.4, -0.2) is 35.2 Å². The normalized spacial score (nSPS) is 16.3. The van der Waals surface area contributed by atoms with Gasteiger partial charge in [-0.15, -0.1) is 0 Å². The maximum Gasteiger partial charge on any atom is 0.254 e. The average Bonchev–Trinajstić information content (AvgIpc) is 3.37. The Balaban J connectivity index is 1.40. The number of hydrogen-bond acceptors (Lipinski definition) is 5. The minimum atomic E-state index is -0.385. The number of oxazole rings is 1. The van der Waals surface area contributed by atoms with Gasteiger partial charge in [-0.25, -0.2) is 4.98 Å². The highest BCUT2D eigenvalue weighted by Crippen LogP contribution is 2.31. The minimum Gasteiger partial charge on any atom is -0.442 e. The van der Waals surface area contributed by atoms with Crippen LogP contribution < -0.4 is 0 Å². The predicted molar refractivity (Wildman–Crippen MR) is 109 cm³/mol. The number of amides is 1. The van der Waals surface area contributed by atoms with Crippen LogP contribution in [0, 0.1) is 0 Å². The lowest BCUT2D eigenvalue weighted by Crippen LogP contribution is -2.36. The Morgan fingerprint density at radius 3 is 2.73 bits per heavy atom. The smallest absolute Gasteiger partial charge is 0.254 e. The summed E-state index contributed by atoms with van der Waals surface area (Å²) in [4.78, 5) is 31.7. The van der Waals surface area contributed by atoms with Crippen LogP contribution in [0.15, 0.2) is 52.9 Å². The van der Waals surface area contributed by atoms with E-state index in [1.807, 2.05) is 42.5 Å². The van der Waals surface area contributed by atoms with E-state index in [1.54, 1.807) is 18.1 Å². The number of nitrogens with zero attached hydrogens (tertiary/aromatic N) is 2. The van der Waals surface area contributed by atoms with Crippen molar-refractivity contribution in [2.75, 3.05) is 13.7 Å². The van der Waals surface area contributed by atoms with E-state index in [9.17, 15) is 9.59 Å². The predicted octanol–water partition coefficient (Wildman–Crippen LogP) is 3.74. The molecule has 30 heavy (non-hydrogen) atoms. The van der Waals surface area contributed by atoms with Gasteiger partial charge in [0.25, 0.3) is 5.91 Å². The van der Waals surface area contributed by atoms with Crippen molar-refractivity contribution < 1.29 is 18.7 Å². The van der Waals surface area contributed by atoms with Crippen molar-refractivity contribution in [2.24, 2.45) is 0 Å². The SMILES string of the molecule is COC(c1ccccc1)c1nc2c(o1)CCN(C(=O)c1cccc3c1CCC3=O)C2. The fourth-order valence-electron chi connectivity index (χ4n) is 4.37. The largest absolute Gasteiger partial charge is 0.442 e. The number of carbonyl (C=O) groups excluding carboxylic acids is 2. The molecule has 1 aliphatic carbocycles. The van der Waals surface area contributed by atoms with E-state index < -0.39 is 0 Å². The lowest BCUT2D eigenvalue weighted by Gasteiger charge is -2.26. The first-order valence-corrected chi connectivity index (χ1v) is 10.2. The second kappa shape index (κ2) is 7.54. The first-order chi connectivity index (χ1) is 14.7. The number of benzene rings is 2. The molecule has 1 aliphatic heterocycles. The molecule has 6 heteroatoms. The third-order valence-corrected chi connectivity index (χ3v) is 5.90. The summed E-state index contributed by atoms with van der Waals surface area (Å²) < 4.78 is 11.7. The molecule has 0 fully saturated rings. The molecule has 1 atom stereocenters. The van der Waals surface area contributed by atoms with E-state index in [4.69, 9.17) is 9.15 Å². The first kappa shape index (κ1) is 18.8. The molecule has 0 spiro atoms.